The zero-order chi connectivity index (χ0) is 27.2. The van der Waals surface area contributed by atoms with Gasteiger partial charge >= 0.3 is 5.97 Å². The van der Waals surface area contributed by atoms with Gasteiger partial charge in [0, 0.05) is 29.2 Å². The van der Waals surface area contributed by atoms with Crippen LogP contribution in [0.3, 0.4) is 0 Å². The second-order valence-corrected chi connectivity index (χ2v) is 9.96. The van der Waals surface area contributed by atoms with E-state index in [1.807, 2.05) is 6.92 Å². The first kappa shape index (κ1) is 26.5. The van der Waals surface area contributed by atoms with E-state index in [9.17, 15) is 34.5 Å². The van der Waals surface area contributed by atoms with E-state index in [4.69, 9.17) is 4.74 Å². The smallest absolute Gasteiger partial charge is 0.333 e. The average molecular weight is 510 g/mol. The largest absolute Gasteiger partial charge is 0.507 e. The summed E-state index contributed by atoms with van der Waals surface area (Å²) >= 11 is 0. The van der Waals surface area contributed by atoms with E-state index in [-0.39, 0.29) is 51.6 Å². The van der Waals surface area contributed by atoms with Crippen molar-refractivity contribution in [3.05, 3.63) is 63.9 Å². The van der Waals surface area contributed by atoms with Crippen LogP contribution in [0.5, 0.6) is 5.75 Å². The third-order valence-corrected chi connectivity index (χ3v) is 7.46. The maximum atomic E-state index is 13.4. The number of amides is 1. The van der Waals surface area contributed by atoms with E-state index >= 15 is 0 Å². The molecule has 2 aliphatic heterocycles. The molecular weight excluding hydrogens is 478 g/mol. The summed E-state index contributed by atoms with van der Waals surface area (Å²) in [5, 5.41) is 35.8. The van der Waals surface area contributed by atoms with Gasteiger partial charge in [-0.05, 0) is 51.2 Å². The molecule has 1 amide bonds. The number of cyclic esters (lactones) is 1. The molecular formula is C28H31NO8. The highest BCUT2D eigenvalue weighted by molar-refractivity contribution is 6.17. The molecule has 1 saturated heterocycles. The molecule has 1 fully saturated rings. The van der Waals surface area contributed by atoms with Gasteiger partial charge in [0.15, 0.2) is 11.6 Å². The van der Waals surface area contributed by atoms with Gasteiger partial charge < -0.3 is 25.4 Å². The lowest BCUT2D eigenvalue weighted by Gasteiger charge is -2.34. The third-order valence-electron chi connectivity index (χ3n) is 7.46. The number of allylic oxidation sites excluding steroid dienone is 2. The maximum Gasteiger partial charge on any atom is 0.333 e. The zero-order valence-electron chi connectivity index (χ0n) is 21.2. The Morgan fingerprint density at radius 3 is 2.51 bits per heavy atom. The number of phenolic OH excluding ortho intramolecular Hbond substituents is 1. The van der Waals surface area contributed by atoms with Crippen molar-refractivity contribution in [2.24, 2.45) is 11.8 Å². The van der Waals surface area contributed by atoms with Crippen molar-refractivity contribution in [2.45, 2.75) is 64.8 Å². The highest BCUT2D eigenvalue weighted by Crippen LogP contribution is 2.49. The molecule has 0 aromatic heterocycles. The lowest BCUT2D eigenvalue weighted by atomic mass is 9.72. The average Bonchev–Trinajstić information content (AvgIpc) is 3.09. The molecule has 9 nitrogen and oxygen atoms in total. The Morgan fingerprint density at radius 2 is 1.84 bits per heavy atom. The van der Waals surface area contributed by atoms with Gasteiger partial charge in [-0.15, -0.1) is 0 Å². The van der Waals surface area contributed by atoms with Gasteiger partial charge in [0.1, 0.15) is 23.6 Å². The van der Waals surface area contributed by atoms with Crippen molar-refractivity contribution in [3.63, 3.8) is 0 Å². The Labute approximate surface area is 214 Å². The second kappa shape index (κ2) is 9.72. The topological polar surface area (TPSA) is 150 Å². The van der Waals surface area contributed by atoms with E-state index in [1.54, 1.807) is 13.0 Å². The number of ether oxygens (including phenoxy) is 1. The molecule has 37 heavy (non-hydrogen) atoms. The minimum Gasteiger partial charge on any atom is -0.507 e. The number of esters is 1. The Morgan fingerprint density at radius 1 is 1.14 bits per heavy atom. The van der Waals surface area contributed by atoms with Gasteiger partial charge in [0.05, 0.1) is 17.2 Å². The van der Waals surface area contributed by atoms with Crippen LogP contribution >= 0.6 is 0 Å². The summed E-state index contributed by atoms with van der Waals surface area (Å²) in [5.74, 6) is -4.33. The molecule has 0 spiro atoms. The van der Waals surface area contributed by atoms with Gasteiger partial charge in [0.2, 0.25) is 5.91 Å². The summed E-state index contributed by atoms with van der Waals surface area (Å²) in [6.07, 6.45) is 4.60. The third kappa shape index (κ3) is 4.42. The summed E-state index contributed by atoms with van der Waals surface area (Å²) in [6.45, 7) is 6.42. The zero-order valence-corrected chi connectivity index (χ0v) is 21.2. The number of carbonyl (C=O) groups is 4. The van der Waals surface area contributed by atoms with Crippen LogP contribution in [-0.2, 0) is 19.9 Å². The standard InChI is InChI=1S/C28H31NO8/c1-5-16-6-8-19(30)15(4)37-27(35)14(3)11-18-26(34)29-22-12-21(32)23-17(28(18,22)36)10-13(2)25(33)24(23)20(31)9-7-16/h6,8,10-12,15-16,18-19,30,33,36H,5,7,9H2,1-4H3,(H,29,34)/b8-6+,14-11-/t15-,16+,18+,19-,28-/m0/s1. The van der Waals surface area contributed by atoms with Crippen LogP contribution in [0.2, 0.25) is 0 Å². The summed E-state index contributed by atoms with van der Waals surface area (Å²) in [6, 6.07) is 1.39. The second-order valence-electron chi connectivity index (χ2n) is 9.96. The molecule has 196 valence electrons. The lowest BCUT2D eigenvalue weighted by Crippen LogP contribution is -2.39. The Hall–Kier alpha value is -3.56. The maximum absolute atomic E-state index is 13.4. The number of Topliss-reactive ketones (excluding diaryl/α,β-unsaturated/α-hetero) is 1. The van der Waals surface area contributed by atoms with Crippen LogP contribution in [0.1, 0.15) is 71.9 Å². The predicted molar refractivity (Wildman–Crippen MR) is 133 cm³/mol. The number of hydrogen-bond acceptors (Lipinski definition) is 8. The SMILES string of the molecule is CC[C@@H]1/C=C/[C@H](O)[C@H](C)OC(=O)/C(C)=C\[C@@H]2C(=O)NC3=CC(=O)c4c(cc(C)c(O)c4C(=O)CC1)[C@@]32O. The molecule has 5 atom stereocenters. The number of aliphatic hydroxyl groups excluding tert-OH is 1. The molecule has 3 aliphatic rings. The molecule has 0 radical (unpaired) electrons. The number of ketones is 2. The number of aryl methyl sites for hydroxylation is 1. The first-order valence-electron chi connectivity index (χ1n) is 12.4. The molecule has 2 heterocycles. The molecule has 1 aromatic carbocycles. The van der Waals surface area contributed by atoms with Crippen molar-refractivity contribution in [2.75, 3.05) is 0 Å². The first-order valence-corrected chi connectivity index (χ1v) is 12.4. The first-order chi connectivity index (χ1) is 17.4. The monoisotopic (exact) mass is 509 g/mol. The summed E-state index contributed by atoms with van der Waals surface area (Å²) in [5.41, 5.74) is -2.23. The van der Waals surface area contributed by atoms with Crippen molar-refractivity contribution < 1.29 is 39.2 Å². The molecule has 4 N–H and O–H groups in total. The lowest BCUT2D eigenvalue weighted by molar-refractivity contribution is -0.147. The van der Waals surface area contributed by atoms with Crippen molar-refractivity contribution >= 4 is 23.4 Å². The molecule has 1 aliphatic carbocycles. The fourth-order valence-corrected chi connectivity index (χ4v) is 5.11. The molecule has 0 saturated carbocycles. The fourth-order valence-electron chi connectivity index (χ4n) is 5.11. The Kier molecular flexibility index (Phi) is 6.96. The number of aromatic hydroxyl groups is 1. The van der Waals surface area contributed by atoms with Crippen LogP contribution in [0.25, 0.3) is 0 Å². The minimum absolute atomic E-state index is 0.00512. The predicted octanol–water partition coefficient (Wildman–Crippen LogP) is 2.51. The van der Waals surface area contributed by atoms with E-state index in [1.165, 1.54) is 32.1 Å². The van der Waals surface area contributed by atoms with Crippen LogP contribution < -0.4 is 5.32 Å². The van der Waals surface area contributed by atoms with Crippen LogP contribution in [-0.4, -0.2) is 51.0 Å². The Bertz CT molecular complexity index is 1290. The van der Waals surface area contributed by atoms with Crippen molar-refractivity contribution in [1.82, 2.24) is 5.32 Å². The Balaban J connectivity index is 1.95. The number of rotatable bonds is 1. The minimum atomic E-state index is -2.08. The van der Waals surface area contributed by atoms with Gasteiger partial charge in [0.25, 0.3) is 0 Å². The van der Waals surface area contributed by atoms with E-state index < -0.39 is 47.2 Å². The van der Waals surface area contributed by atoms with E-state index in [0.717, 1.165) is 6.08 Å². The van der Waals surface area contributed by atoms with Crippen LogP contribution in [0.4, 0.5) is 0 Å². The van der Waals surface area contributed by atoms with Crippen LogP contribution in [0, 0.1) is 18.8 Å². The molecule has 4 bridgehead atoms. The number of carbonyl (C=O) groups excluding carboxylic acids is 4. The quantitative estimate of drug-likeness (QED) is 0.333. The van der Waals surface area contributed by atoms with Gasteiger partial charge in [-0.3, -0.25) is 14.4 Å². The number of benzene rings is 1. The normalized spacial score (nSPS) is 32.6. The van der Waals surface area contributed by atoms with E-state index in [2.05, 4.69) is 5.32 Å². The van der Waals surface area contributed by atoms with Crippen molar-refractivity contribution in [3.8, 4) is 5.75 Å². The van der Waals surface area contributed by atoms with Crippen LogP contribution in [0.15, 0.2) is 41.6 Å². The van der Waals surface area contributed by atoms with Gasteiger partial charge in [-0.1, -0.05) is 25.2 Å². The highest BCUT2D eigenvalue weighted by Gasteiger charge is 2.55. The molecule has 4 rings (SSSR count). The van der Waals surface area contributed by atoms with Gasteiger partial charge in [-0.25, -0.2) is 4.79 Å². The number of hydrogen-bond donors (Lipinski definition) is 4. The van der Waals surface area contributed by atoms with Gasteiger partial charge in [-0.2, -0.15) is 0 Å². The summed E-state index contributed by atoms with van der Waals surface area (Å²) in [7, 11) is 0. The molecule has 1 aromatic rings. The molecule has 0 unspecified atom stereocenters. The van der Waals surface area contributed by atoms with E-state index in [0.29, 0.717) is 12.8 Å². The summed E-state index contributed by atoms with van der Waals surface area (Å²) < 4.78 is 5.39. The number of phenols is 1. The highest BCUT2D eigenvalue weighted by atomic mass is 16.6. The number of nitrogens with one attached hydrogen (secondary N) is 1. The van der Waals surface area contributed by atoms with Crippen molar-refractivity contribution in [1.29, 1.82) is 0 Å². The summed E-state index contributed by atoms with van der Waals surface area (Å²) in [4.78, 5) is 52.4. The molecule has 9 heteroatoms. The fraction of sp³-hybridized carbons (Fsp3) is 0.429. The number of aliphatic hydroxyl groups is 2.